The molecule has 3 aromatic rings. The summed E-state index contributed by atoms with van der Waals surface area (Å²) in [6.07, 6.45) is 6.61. The predicted molar refractivity (Wildman–Crippen MR) is 130 cm³/mol. The van der Waals surface area contributed by atoms with E-state index in [9.17, 15) is 4.57 Å². The normalized spacial score (nSPS) is 11.6. The second-order valence-corrected chi connectivity index (χ2v) is 9.78. The third-order valence-electron chi connectivity index (χ3n) is 5.30. The number of aryl methyl sites for hydroxylation is 1. The van der Waals surface area contributed by atoms with Gasteiger partial charge < -0.3 is 24.8 Å². The van der Waals surface area contributed by atoms with E-state index in [1.165, 1.54) is 18.4 Å². The molecule has 0 fully saturated rings. The number of hydrogen-bond donors (Lipinski definition) is 4. The van der Waals surface area contributed by atoms with E-state index in [1.807, 2.05) is 12.1 Å². The predicted octanol–water partition coefficient (Wildman–Crippen LogP) is 5.43. The average molecular weight is 457 g/mol. The van der Waals surface area contributed by atoms with Gasteiger partial charge in [0.25, 0.3) is 0 Å². The van der Waals surface area contributed by atoms with Gasteiger partial charge in [0, 0.05) is 24.3 Å². The summed E-state index contributed by atoms with van der Waals surface area (Å²) in [5, 5.41) is 6.81. The minimum absolute atomic E-state index is 0.0914. The second-order valence-electron chi connectivity index (χ2n) is 8.00. The maximum atomic E-state index is 10.9. The van der Waals surface area contributed by atoms with E-state index in [0.717, 1.165) is 42.0 Å². The van der Waals surface area contributed by atoms with E-state index < -0.39 is 7.60 Å². The summed E-state index contributed by atoms with van der Waals surface area (Å²) in [5.74, 6) is 0.819. The Hall–Kier alpha value is -2.37. The molecule has 0 spiro atoms. The number of benzene rings is 2. The monoisotopic (exact) mass is 456 g/mol. The fourth-order valence-corrected chi connectivity index (χ4v) is 4.20. The van der Waals surface area contributed by atoms with E-state index in [-0.39, 0.29) is 6.16 Å². The molecule has 172 valence electrons. The third kappa shape index (κ3) is 8.64. The topological polar surface area (TPSA) is 94.7 Å². The van der Waals surface area contributed by atoms with Crippen molar-refractivity contribution in [3.63, 3.8) is 0 Å². The van der Waals surface area contributed by atoms with Crippen LogP contribution in [0.4, 0.5) is 5.69 Å². The quantitative estimate of drug-likeness (QED) is 0.191. The minimum Gasteiger partial charge on any atom is -0.464 e. The highest BCUT2D eigenvalue weighted by atomic mass is 31.2. The number of hydrogen-bond acceptors (Lipinski definition) is 4. The molecule has 0 unspecified atom stereocenters. The molecular formula is C25H33N2O4P. The molecule has 0 saturated heterocycles. The molecule has 0 bridgehead atoms. The van der Waals surface area contributed by atoms with E-state index in [2.05, 4.69) is 59.2 Å². The molecule has 0 aliphatic rings. The van der Waals surface area contributed by atoms with Gasteiger partial charge >= 0.3 is 7.60 Å². The highest BCUT2D eigenvalue weighted by Crippen LogP contribution is 2.34. The molecular weight excluding hydrogens is 423 g/mol. The summed E-state index contributed by atoms with van der Waals surface area (Å²) in [6.45, 7) is 2.10. The molecule has 4 N–H and O–H groups in total. The Morgan fingerprint density at radius 1 is 0.844 bits per heavy atom. The molecule has 1 aromatic heterocycles. The van der Waals surface area contributed by atoms with Crippen molar-refractivity contribution in [1.29, 1.82) is 0 Å². The van der Waals surface area contributed by atoms with Crippen molar-refractivity contribution in [3.05, 3.63) is 78.1 Å². The average Bonchev–Trinajstić information content (AvgIpc) is 3.31. The van der Waals surface area contributed by atoms with Crippen LogP contribution in [-0.4, -0.2) is 29.0 Å². The van der Waals surface area contributed by atoms with Gasteiger partial charge in [0.2, 0.25) is 0 Å². The molecule has 6 nitrogen and oxygen atoms in total. The number of unbranched alkanes of at least 4 members (excludes halogenated alkanes) is 2. The van der Waals surface area contributed by atoms with Crippen LogP contribution in [0.3, 0.4) is 0 Å². The van der Waals surface area contributed by atoms with Crippen molar-refractivity contribution < 1.29 is 18.8 Å². The fraction of sp³-hybridized carbons (Fsp3) is 0.360. The largest absolute Gasteiger partial charge is 0.464 e. The van der Waals surface area contributed by atoms with Gasteiger partial charge in [-0.2, -0.15) is 0 Å². The van der Waals surface area contributed by atoms with Crippen molar-refractivity contribution >= 4 is 13.3 Å². The lowest BCUT2D eigenvalue weighted by molar-refractivity contribution is 0.371. The fourth-order valence-electron chi connectivity index (χ4n) is 3.63. The van der Waals surface area contributed by atoms with Crippen LogP contribution in [0.1, 0.15) is 36.8 Å². The van der Waals surface area contributed by atoms with Crippen molar-refractivity contribution in [1.82, 2.24) is 5.32 Å². The van der Waals surface area contributed by atoms with Crippen molar-refractivity contribution in [3.8, 4) is 11.3 Å². The first kappa shape index (κ1) is 24.3. The summed E-state index contributed by atoms with van der Waals surface area (Å²) in [4.78, 5) is 17.9. The van der Waals surface area contributed by atoms with Crippen molar-refractivity contribution in [2.24, 2.45) is 0 Å². The zero-order valence-corrected chi connectivity index (χ0v) is 19.3. The second kappa shape index (κ2) is 12.6. The van der Waals surface area contributed by atoms with Crippen LogP contribution < -0.4 is 10.6 Å². The molecule has 32 heavy (non-hydrogen) atoms. The smallest absolute Gasteiger partial charge is 0.325 e. The van der Waals surface area contributed by atoms with E-state index >= 15 is 0 Å². The first-order chi connectivity index (χ1) is 15.5. The van der Waals surface area contributed by atoms with Gasteiger partial charge in [-0.1, -0.05) is 42.8 Å². The lowest BCUT2D eigenvalue weighted by Gasteiger charge is -2.13. The summed E-state index contributed by atoms with van der Waals surface area (Å²) in [5.41, 5.74) is 4.56. The third-order valence-corrected chi connectivity index (χ3v) is 6.20. The molecule has 0 amide bonds. The van der Waals surface area contributed by atoms with Crippen LogP contribution >= 0.6 is 7.60 Å². The minimum atomic E-state index is -3.92. The van der Waals surface area contributed by atoms with Gasteiger partial charge in [-0.05, 0) is 67.6 Å². The molecule has 0 aliphatic heterocycles. The van der Waals surface area contributed by atoms with E-state index in [4.69, 9.17) is 14.2 Å². The van der Waals surface area contributed by atoms with Crippen molar-refractivity contribution in [2.75, 3.05) is 24.6 Å². The molecule has 0 aliphatic carbocycles. The Balaban J connectivity index is 1.47. The molecule has 0 atom stereocenters. The maximum Gasteiger partial charge on any atom is 0.325 e. The van der Waals surface area contributed by atoms with Crippen LogP contribution in [0.25, 0.3) is 11.3 Å². The standard InChI is InChI=1S/C25H33N2O4P/c28-32(29,30)18-8-15-26-20-22-13-14-24(23(19-22)25-12-7-17-31-25)27-16-6-2-5-11-21-9-3-1-4-10-21/h1,3-4,7,9-10,12-14,17,19,26-27H,2,5-6,8,11,15-16,18,20H2,(H2,28,29,30). The Labute approximate surface area is 190 Å². The lowest BCUT2D eigenvalue weighted by Crippen LogP contribution is -2.16. The summed E-state index contributed by atoms with van der Waals surface area (Å²) < 4.78 is 16.6. The molecule has 7 heteroatoms. The lowest BCUT2D eigenvalue weighted by atomic mass is 10.1. The van der Waals surface area contributed by atoms with Gasteiger partial charge in [-0.15, -0.1) is 0 Å². The number of nitrogens with one attached hydrogen (secondary N) is 2. The zero-order valence-electron chi connectivity index (χ0n) is 18.4. The molecule has 1 heterocycles. The molecule has 0 saturated carbocycles. The Kier molecular flexibility index (Phi) is 9.57. The van der Waals surface area contributed by atoms with Crippen molar-refractivity contribution in [2.45, 2.75) is 38.6 Å². The van der Waals surface area contributed by atoms with Crippen LogP contribution in [0.5, 0.6) is 0 Å². The van der Waals surface area contributed by atoms with Crippen LogP contribution in [0, 0.1) is 0 Å². The molecule has 0 radical (unpaired) electrons. The van der Waals surface area contributed by atoms with E-state index in [1.54, 1.807) is 6.26 Å². The highest BCUT2D eigenvalue weighted by Gasteiger charge is 2.12. The Morgan fingerprint density at radius 3 is 2.44 bits per heavy atom. The Morgan fingerprint density at radius 2 is 1.69 bits per heavy atom. The highest BCUT2D eigenvalue weighted by molar-refractivity contribution is 7.51. The van der Waals surface area contributed by atoms with Gasteiger partial charge in [0.1, 0.15) is 5.76 Å². The first-order valence-corrected chi connectivity index (χ1v) is 13.0. The summed E-state index contributed by atoms with van der Waals surface area (Å²) in [6, 6.07) is 20.7. The molecule has 2 aromatic carbocycles. The number of rotatable bonds is 14. The van der Waals surface area contributed by atoms with E-state index in [0.29, 0.717) is 19.5 Å². The van der Waals surface area contributed by atoms with Crippen LogP contribution in [0.2, 0.25) is 0 Å². The van der Waals surface area contributed by atoms with Gasteiger partial charge in [-0.25, -0.2) is 0 Å². The Bertz CT molecular complexity index is 971. The maximum absolute atomic E-state index is 10.9. The number of anilines is 1. The van der Waals surface area contributed by atoms with Gasteiger partial charge in [0.05, 0.1) is 12.4 Å². The molecule has 3 rings (SSSR count). The van der Waals surface area contributed by atoms with Crippen LogP contribution in [0.15, 0.2) is 71.3 Å². The SMILES string of the molecule is O=P(O)(O)CCCNCc1ccc(NCCCCCc2ccccc2)c(-c2ccco2)c1. The first-order valence-electron chi connectivity index (χ1n) is 11.2. The summed E-state index contributed by atoms with van der Waals surface area (Å²) in [7, 11) is -3.92. The number of furan rings is 1. The zero-order chi connectivity index (χ0) is 22.7. The summed E-state index contributed by atoms with van der Waals surface area (Å²) >= 11 is 0. The van der Waals surface area contributed by atoms with Crippen LogP contribution in [-0.2, 0) is 17.5 Å². The van der Waals surface area contributed by atoms with Gasteiger partial charge in [-0.3, -0.25) is 4.57 Å². The van der Waals surface area contributed by atoms with Gasteiger partial charge in [0.15, 0.2) is 0 Å².